The van der Waals surface area contributed by atoms with Gasteiger partial charge in [0.15, 0.2) is 0 Å². The molecular weight excluding hydrogens is 645 g/mol. The summed E-state index contributed by atoms with van der Waals surface area (Å²) in [6.07, 6.45) is 3.50. The largest absolute Gasteiger partial charge is 0.409 e. The first kappa shape index (κ1) is 46.1. The molecule has 0 fully saturated rings. The van der Waals surface area contributed by atoms with E-state index in [4.69, 9.17) is 23.9 Å². The van der Waals surface area contributed by atoms with Crippen molar-refractivity contribution in [3.63, 3.8) is 0 Å². The molecule has 1 atom stereocenters. The molecule has 0 saturated heterocycles. The van der Waals surface area contributed by atoms with Gasteiger partial charge in [-0.05, 0) is 38.0 Å². The van der Waals surface area contributed by atoms with Crippen molar-refractivity contribution < 1.29 is 38.4 Å². The Balaban J connectivity index is 4.91. The maximum absolute atomic E-state index is 12.7. The number of ketones is 1. The van der Waals surface area contributed by atoms with Crippen LogP contribution in [-0.2, 0) is 38.4 Å². The zero-order valence-electron chi connectivity index (χ0n) is 29.9. The smallest absolute Gasteiger partial charge is 0.234 e. The van der Waals surface area contributed by atoms with Crippen molar-refractivity contribution in [3.8, 4) is 0 Å². The van der Waals surface area contributed by atoms with Crippen molar-refractivity contribution >= 4 is 71.1 Å². The van der Waals surface area contributed by atoms with E-state index in [-0.39, 0.29) is 80.9 Å². The van der Waals surface area contributed by atoms with Gasteiger partial charge in [0.05, 0.1) is 26.1 Å². The monoisotopic (exact) mass is 698 g/mol. The molecule has 0 aliphatic carbocycles. The molecule has 0 aromatic heterocycles. The molecule has 0 aliphatic rings. The number of Topliss-reactive ketones (excluding diaryl/α,β-unsaturated/α-hetero) is 1. The molecule has 0 spiro atoms. The first-order valence-corrected chi connectivity index (χ1v) is 16.9. The standard InChI is InChI=1S/C31H53B3N8O8/c1-21(2)31(3,4)23(43)11-6-5-8-14-35-27(47)18-42(19-28(48)36-15-9-7-12-25(45)39-32)20-29(49)37-16-10-13-24(44)38-22(30(50)41-34)17-26(46)40-33/h21-22H,5-20H2,1-4H3,(H,35,47)(H,36,48)(H,37,49)(H,38,44)(H,39,45)(H,40,46)(H,41,50)/t22-/m0/s1. The third-order valence-electron chi connectivity index (χ3n) is 8.23. The van der Waals surface area contributed by atoms with Gasteiger partial charge in [0, 0.05) is 44.3 Å². The molecular formula is C31H53B3N8O8. The molecule has 19 heteroatoms. The Labute approximate surface area is 299 Å². The van der Waals surface area contributed by atoms with E-state index in [1.165, 1.54) is 4.90 Å². The van der Waals surface area contributed by atoms with Crippen LogP contribution in [0.2, 0.25) is 0 Å². The predicted molar refractivity (Wildman–Crippen MR) is 189 cm³/mol. The number of unbranched alkanes of at least 4 members (excludes halogenated alkanes) is 3. The summed E-state index contributed by atoms with van der Waals surface area (Å²) in [7, 11) is 15.2. The number of nitrogens with one attached hydrogen (secondary N) is 7. The van der Waals surface area contributed by atoms with E-state index in [1.807, 2.05) is 43.4 Å². The van der Waals surface area contributed by atoms with Gasteiger partial charge in [0.1, 0.15) is 11.8 Å². The Kier molecular flexibility index (Phi) is 24.0. The third kappa shape index (κ3) is 21.3. The third-order valence-corrected chi connectivity index (χ3v) is 8.23. The van der Waals surface area contributed by atoms with E-state index in [1.54, 1.807) is 0 Å². The van der Waals surface area contributed by atoms with Crippen molar-refractivity contribution in [2.24, 2.45) is 11.3 Å². The average Bonchev–Trinajstić information content (AvgIpc) is 3.06. The lowest BCUT2D eigenvalue weighted by molar-refractivity contribution is -0.130. The molecule has 274 valence electrons. The van der Waals surface area contributed by atoms with Gasteiger partial charge in [-0.25, -0.2) is 0 Å². The van der Waals surface area contributed by atoms with Crippen LogP contribution in [-0.4, -0.2) is 121 Å². The number of carbonyl (C=O) groups is 8. The van der Waals surface area contributed by atoms with Crippen LogP contribution in [0.4, 0.5) is 0 Å². The van der Waals surface area contributed by atoms with E-state index < -0.39 is 42.0 Å². The van der Waals surface area contributed by atoms with Gasteiger partial charge in [-0.15, -0.1) is 0 Å². The molecule has 0 aromatic carbocycles. The molecule has 50 heavy (non-hydrogen) atoms. The highest BCUT2D eigenvalue weighted by atomic mass is 16.2. The maximum atomic E-state index is 12.7. The van der Waals surface area contributed by atoms with E-state index in [0.29, 0.717) is 38.6 Å². The van der Waals surface area contributed by atoms with E-state index in [9.17, 15) is 38.4 Å². The molecule has 0 unspecified atom stereocenters. The summed E-state index contributed by atoms with van der Waals surface area (Å²) >= 11 is 0. The minimum absolute atomic E-state index is 0.0722. The average molecular weight is 698 g/mol. The summed E-state index contributed by atoms with van der Waals surface area (Å²) in [5.41, 5.74) is -0.384. The lowest BCUT2D eigenvalue weighted by atomic mass is 9.76. The Morgan fingerprint density at radius 3 is 1.50 bits per heavy atom. The zero-order valence-corrected chi connectivity index (χ0v) is 29.9. The topological polar surface area (TPSA) is 224 Å². The van der Waals surface area contributed by atoms with Crippen LogP contribution in [0, 0.1) is 11.3 Å². The van der Waals surface area contributed by atoms with Gasteiger partial charge in [0.25, 0.3) is 0 Å². The Bertz CT molecular complexity index is 1140. The first-order chi connectivity index (χ1) is 23.6. The van der Waals surface area contributed by atoms with Gasteiger partial charge in [-0.3, -0.25) is 43.3 Å². The van der Waals surface area contributed by atoms with Crippen LogP contribution in [0.25, 0.3) is 0 Å². The number of hydrogen-bond donors (Lipinski definition) is 7. The predicted octanol–water partition coefficient (Wildman–Crippen LogP) is -2.13. The van der Waals surface area contributed by atoms with E-state index in [2.05, 4.69) is 21.3 Å². The summed E-state index contributed by atoms with van der Waals surface area (Å²) < 4.78 is 0. The van der Waals surface area contributed by atoms with Crippen LogP contribution in [0.1, 0.15) is 91.9 Å². The number of nitrogens with zero attached hydrogens (tertiary/aromatic N) is 1. The summed E-state index contributed by atoms with van der Waals surface area (Å²) in [5.74, 6) is -3.21. The number of hydrogen-bond acceptors (Lipinski definition) is 9. The fourth-order valence-corrected chi connectivity index (χ4v) is 4.41. The lowest BCUT2D eigenvalue weighted by Gasteiger charge is -2.27. The quantitative estimate of drug-likeness (QED) is 0.0367. The van der Waals surface area contributed by atoms with Gasteiger partial charge < -0.3 is 37.0 Å². The fourth-order valence-electron chi connectivity index (χ4n) is 4.41. The van der Waals surface area contributed by atoms with Crippen LogP contribution in [0.3, 0.4) is 0 Å². The van der Waals surface area contributed by atoms with Gasteiger partial charge in [-0.1, -0.05) is 34.1 Å². The highest BCUT2D eigenvalue weighted by molar-refractivity contribution is 6.17. The number of carbonyl (C=O) groups excluding carboxylic acids is 8. The van der Waals surface area contributed by atoms with E-state index >= 15 is 0 Å². The minimum Gasteiger partial charge on any atom is -0.409 e. The second-order valence-electron chi connectivity index (χ2n) is 12.8. The Morgan fingerprint density at radius 2 is 1.02 bits per heavy atom. The second-order valence-corrected chi connectivity index (χ2v) is 12.8. The van der Waals surface area contributed by atoms with Crippen LogP contribution in [0.15, 0.2) is 0 Å². The zero-order chi connectivity index (χ0) is 38.1. The highest BCUT2D eigenvalue weighted by Crippen LogP contribution is 2.29. The van der Waals surface area contributed by atoms with Gasteiger partial charge >= 0.3 is 0 Å². The van der Waals surface area contributed by atoms with Crippen molar-refractivity contribution in [2.45, 2.75) is 97.9 Å². The summed E-state index contributed by atoms with van der Waals surface area (Å²) in [6.45, 7) is 7.91. The van der Waals surface area contributed by atoms with Gasteiger partial charge in [-0.2, -0.15) is 0 Å². The van der Waals surface area contributed by atoms with Crippen molar-refractivity contribution in [3.05, 3.63) is 0 Å². The van der Waals surface area contributed by atoms with Crippen molar-refractivity contribution in [1.82, 2.24) is 41.9 Å². The lowest BCUT2D eigenvalue weighted by Crippen LogP contribution is -2.48. The number of amides is 7. The summed E-state index contributed by atoms with van der Waals surface area (Å²) in [5, 5.41) is 16.3. The number of rotatable bonds is 27. The van der Waals surface area contributed by atoms with Crippen molar-refractivity contribution in [2.75, 3.05) is 39.3 Å². The Morgan fingerprint density at radius 1 is 0.560 bits per heavy atom. The summed E-state index contributed by atoms with van der Waals surface area (Å²) in [4.78, 5) is 98.7. The molecule has 0 aromatic rings. The first-order valence-electron chi connectivity index (χ1n) is 16.9. The van der Waals surface area contributed by atoms with Crippen LogP contribution < -0.4 is 37.0 Å². The molecule has 7 N–H and O–H groups in total. The molecule has 0 aliphatic heterocycles. The molecule has 0 rings (SSSR count). The SMILES string of the molecule is [B]NC(=O)CCCCNC(=O)CN(CC(=O)NCCCCCC(=O)C(C)(C)C(C)C)CC(=O)NCCCC(=O)N[C@@H](CC(=O)N[B])C(=O)N[B]. The fraction of sp³-hybridized carbons (Fsp3) is 0.742. The van der Waals surface area contributed by atoms with Crippen LogP contribution >= 0.6 is 0 Å². The van der Waals surface area contributed by atoms with Gasteiger partial charge in [0.2, 0.25) is 65.3 Å². The molecule has 0 bridgehead atoms. The highest BCUT2D eigenvalue weighted by Gasteiger charge is 2.30. The molecule has 16 nitrogen and oxygen atoms in total. The van der Waals surface area contributed by atoms with Crippen molar-refractivity contribution in [1.29, 1.82) is 0 Å². The molecule has 6 radical (unpaired) electrons. The minimum atomic E-state index is -1.24. The summed E-state index contributed by atoms with van der Waals surface area (Å²) in [6, 6.07) is -1.24. The molecule has 0 saturated carbocycles. The molecule has 0 heterocycles. The second kappa shape index (κ2) is 26.0. The molecule has 7 amide bonds. The maximum Gasteiger partial charge on any atom is 0.234 e. The van der Waals surface area contributed by atoms with Crippen LogP contribution in [0.5, 0.6) is 0 Å². The Hall–Kier alpha value is -3.89. The van der Waals surface area contributed by atoms with E-state index in [0.717, 1.165) is 6.42 Å². The normalized spacial score (nSPS) is 11.6.